The molecule has 1 fully saturated rings. The van der Waals surface area contributed by atoms with E-state index in [1.165, 1.54) is 9.13 Å². The van der Waals surface area contributed by atoms with Gasteiger partial charge in [-0.3, -0.25) is 18.1 Å². The second-order valence-corrected chi connectivity index (χ2v) is 9.54. The number of rotatable bonds is 6. The first-order chi connectivity index (χ1) is 15.4. The summed E-state index contributed by atoms with van der Waals surface area (Å²) in [6.45, 7) is 4.41. The number of ether oxygens (including phenoxy) is 1. The van der Waals surface area contributed by atoms with Crippen LogP contribution in [0.1, 0.15) is 38.1 Å². The molecule has 32 heavy (non-hydrogen) atoms. The monoisotopic (exact) mass is 456 g/mol. The van der Waals surface area contributed by atoms with E-state index in [1.54, 1.807) is 18.5 Å². The van der Waals surface area contributed by atoms with E-state index in [1.807, 2.05) is 43.3 Å². The number of fused-ring (bicyclic) bond motifs is 1. The van der Waals surface area contributed by atoms with Gasteiger partial charge in [-0.1, -0.05) is 18.2 Å². The van der Waals surface area contributed by atoms with Crippen molar-refractivity contribution in [2.24, 2.45) is 7.05 Å². The van der Waals surface area contributed by atoms with Crippen molar-refractivity contribution >= 4 is 34.1 Å². The number of benzene rings is 1. The minimum absolute atomic E-state index is 0.123. The fraction of sp³-hybridized carbons (Fsp3) is 0.435. The standard InChI is InChI=1S/C23H28N4O4S/c1-4-26-21-20(22(28)27(5-2)23(26)29)25(3)19(24-21)11-8-16-6-9-17(10-7-16)31-18-12-14-32(30)15-13-18/h6-11,18H,4-5,12-15H2,1-3H3/b11-8+. The third-order valence-corrected chi connectivity index (χ3v) is 7.23. The van der Waals surface area contributed by atoms with E-state index in [9.17, 15) is 13.8 Å². The fourth-order valence-corrected chi connectivity index (χ4v) is 5.26. The van der Waals surface area contributed by atoms with Crippen molar-refractivity contribution in [3.8, 4) is 5.75 Å². The highest BCUT2D eigenvalue weighted by Gasteiger charge is 2.19. The van der Waals surface area contributed by atoms with Crippen molar-refractivity contribution < 1.29 is 8.95 Å². The lowest BCUT2D eigenvalue weighted by molar-refractivity contribution is 0.191. The lowest BCUT2D eigenvalue weighted by Gasteiger charge is -2.22. The summed E-state index contributed by atoms with van der Waals surface area (Å²) in [5.74, 6) is 2.81. The van der Waals surface area contributed by atoms with Gasteiger partial charge in [-0.2, -0.15) is 0 Å². The molecule has 0 unspecified atom stereocenters. The van der Waals surface area contributed by atoms with Gasteiger partial charge in [-0.25, -0.2) is 9.78 Å². The Morgan fingerprint density at radius 1 is 1.06 bits per heavy atom. The smallest absolute Gasteiger partial charge is 0.332 e. The van der Waals surface area contributed by atoms with Crippen LogP contribution in [0.15, 0.2) is 33.9 Å². The summed E-state index contributed by atoms with van der Waals surface area (Å²) in [5, 5.41) is 0. The van der Waals surface area contributed by atoms with Crippen LogP contribution >= 0.6 is 0 Å². The first kappa shape index (κ1) is 22.3. The zero-order valence-electron chi connectivity index (χ0n) is 18.6. The molecule has 3 aromatic rings. The molecule has 0 N–H and O–H groups in total. The highest BCUT2D eigenvalue weighted by molar-refractivity contribution is 7.85. The van der Waals surface area contributed by atoms with Crippen LogP contribution in [0.4, 0.5) is 0 Å². The Morgan fingerprint density at radius 3 is 2.34 bits per heavy atom. The molecule has 3 heterocycles. The molecule has 0 aliphatic carbocycles. The zero-order valence-corrected chi connectivity index (χ0v) is 19.4. The topological polar surface area (TPSA) is 88.1 Å². The molecule has 0 saturated carbocycles. The Morgan fingerprint density at radius 2 is 1.72 bits per heavy atom. The molecule has 1 aliphatic rings. The average Bonchev–Trinajstić information content (AvgIpc) is 3.11. The normalized spacial score (nSPS) is 19.1. The van der Waals surface area contributed by atoms with E-state index < -0.39 is 10.8 Å². The van der Waals surface area contributed by atoms with Crippen molar-refractivity contribution in [2.75, 3.05) is 11.5 Å². The van der Waals surface area contributed by atoms with Crippen LogP contribution < -0.4 is 16.0 Å². The summed E-state index contributed by atoms with van der Waals surface area (Å²) in [5.41, 5.74) is 1.14. The molecule has 170 valence electrons. The van der Waals surface area contributed by atoms with Gasteiger partial charge in [0.2, 0.25) is 0 Å². The maximum Gasteiger partial charge on any atom is 0.332 e. The Kier molecular flexibility index (Phi) is 6.45. The first-order valence-electron chi connectivity index (χ1n) is 10.9. The van der Waals surface area contributed by atoms with Crippen molar-refractivity contribution in [3.63, 3.8) is 0 Å². The predicted molar refractivity (Wildman–Crippen MR) is 127 cm³/mol. The summed E-state index contributed by atoms with van der Waals surface area (Å²) in [6, 6.07) is 7.77. The van der Waals surface area contributed by atoms with Gasteiger partial charge in [0.05, 0.1) is 0 Å². The Balaban J connectivity index is 1.58. The molecule has 9 heteroatoms. The molecule has 8 nitrogen and oxygen atoms in total. The number of aryl methyl sites for hydroxylation is 2. The quantitative estimate of drug-likeness (QED) is 0.568. The second-order valence-electron chi connectivity index (χ2n) is 7.85. The van der Waals surface area contributed by atoms with Gasteiger partial charge in [0.1, 0.15) is 17.7 Å². The third kappa shape index (κ3) is 4.21. The van der Waals surface area contributed by atoms with E-state index in [2.05, 4.69) is 4.98 Å². The van der Waals surface area contributed by atoms with Crippen molar-refractivity contribution in [2.45, 2.75) is 45.9 Å². The van der Waals surface area contributed by atoms with Crippen LogP contribution in [0, 0.1) is 0 Å². The second kappa shape index (κ2) is 9.28. The van der Waals surface area contributed by atoms with Crippen LogP contribution in [0.25, 0.3) is 23.3 Å². The minimum atomic E-state index is -0.696. The van der Waals surface area contributed by atoms with Crippen LogP contribution in [-0.4, -0.2) is 40.5 Å². The third-order valence-electron chi connectivity index (χ3n) is 5.85. The summed E-state index contributed by atoms with van der Waals surface area (Å²) in [7, 11) is 1.09. The highest BCUT2D eigenvalue weighted by Crippen LogP contribution is 2.20. The predicted octanol–water partition coefficient (Wildman–Crippen LogP) is 2.40. The Hall–Kier alpha value is -2.94. The molecular formula is C23H28N4O4S. The largest absolute Gasteiger partial charge is 0.490 e. The number of hydrogen-bond donors (Lipinski definition) is 0. The molecule has 1 aliphatic heterocycles. The maximum absolute atomic E-state index is 12.8. The van der Waals surface area contributed by atoms with E-state index in [0.717, 1.165) is 24.2 Å². The average molecular weight is 457 g/mol. The van der Waals surface area contributed by atoms with Crippen LogP contribution in [0.5, 0.6) is 5.75 Å². The molecule has 0 bridgehead atoms. The van der Waals surface area contributed by atoms with Gasteiger partial charge >= 0.3 is 5.69 Å². The molecule has 4 rings (SSSR count). The molecule has 1 aromatic carbocycles. The number of hydrogen-bond acceptors (Lipinski definition) is 5. The molecule has 0 amide bonds. The molecular weight excluding hydrogens is 428 g/mol. The summed E-state index contributed by atoms with van der Waals surface area (Å²) < 4.78 is 22.0. The lowest BCUT2D eigenvalue weighted by atomic mass is 10.2. The summed E-state index contributed by atoms with van der Waals surface area (Å²) >= 11 is 0. The Bertz CT molecular complexity index is 1290. The van der Waals surface area contributed by atoms with E-state index in [4.69, 9.17) is 4.74 Å². The SMILES string of the molecule is CCn1c(=O)c2c(nc(/C=C/c3ccc(OC4CCS(=O)CC4)cc3)n2C)n(CC)c1=O. The molecule has 0 atom stereocenters. The van der Waals surface area contributed by atoms with Gasteiger partial charge in [0.25, 0.3) is 5.56 Å². The molecule has 1 saturated heterocycles. The lowest BCUT2D eigenvalue weighted by Crippen LogP contribution is -2.39. The summed E-state index contributed by atoms with van der Waals surface area (Å²) in [4.78, 5) is 30.0. The first-order valence-corrected chi connectivity index (χ1v) is 12.4. The number of nitrogens with zero attached hydrogens (tertiary/aromatic N) is 4. The fourth-order valence-electron chi connectivity index (χ4n) is 4.00. The summed E-state index contributed by atoms with van der Waals surface area (Å²) in [6.07, 6.45) is 5.53. The van der Waals surface area contributed by atoms with Crippen molar-refractivity contribution in [1.29, 1.82) is 0 Å². The minimum Gasteiger partial charge on any atom is -0.490 e. The van der Waals surface area contributed by atoms with Gasteiger partial charge in [0, 0.05) is 42.4 Å². The molecule has 0 spiro atoms. The van der Waals surface area contributed by atoms with Crippen LogP contribution in [0.3, 0.4) is 0 Å². The van der Waals surface area contributed by atoms with Gasteiger partial charge in [-0.05, 0) is 50.5 Å². The van der Waals surface area contributed by atoms with Crippen LogP contribution in [0.2, 0.25) is 0 Å². The Labute approximate surface area is 188 Å². The van der Waals surface area contributed by atoms with E-state index >= 15 is 0 Å². The molecule has 0 radical (unpaired) electrons. The number of imidazole rings is 1. The van der Waals surface area contributed by atoms with Crippen molar-refractivity contribution in [1.82, 2.24) is 18.7 Å². The van der Waals surface area contributed by atoms with Crippen molar-refractivity contribution in [3.05, 3.63) is 56.5 Å². The van der Waals surface area contributed by atoms with Gasteiger partial charge in [-0.15, -0.1) is 0 Å². The van der Waals surface area contributed by atoms with Gasteiger partial charge in [0.15, 0.2) is 11.2 Å². The highest BCUT2D eigenvalue weighted by atomic mass is 32.2. The van der Waals surface area contributed by atoms with Gasteiger partial charge < -0.3 is 9.30 Å². The van der Waals surface area contributed by atoms with E-state index in [-0.39, 0.29) is 17.4 Å². The zero-order chi connectivity index (χ0) is 22.8. The molecule has 2 aromatic heterocycles. The maximum atomic E-state index is 12.8. The number of aromatic nitrogens is 4. The van der Waals surface area contributed by atoms with Crippen LogP contribution in [-0.2, 0) is 30.9 Å². The van der Waals surface area contributed by atoms with E-state index in [0.29, 0.717) is 41.6 Å².